The summed E-state index contributed by atoms with van der Waals surface area (Å²) < 4.78 is 0. The molecule has 2 fully saturated rings. The number of hydrogen-bond acceptors (Lipinski definition) is 3. The van der Waals surface area contributed by atoms with Gasteiger partial charge in [-0.3, -0.25) is 4.79 Å². The Morgan fingerprint density at radius 2 is 2.06 bits per heavy atom. The van der Waals surface area contributed by atoms with Gasteiger partial charge in [0.25, 0.3) is 0 Å². The molecule has 0 radical (unpaired) electrons. The standard InChI is InChI=1S/C13H24N2O2/c14-12(10-5-6-10)9-13(17)15(7-2-8-16)11-3-1-4-11/h10-12,16H,1-9,14H2. The van der Waals surface area contributed by atoms with Gasteiger partial charge in [-0.15, -0.1) is 0 Å². The molecule has 4 nitrogen and oxygen atoms in total. The highest BCUT2D eigenvalue weighted by Gasteiger charge is 2.33. The highest BCUT2D eigenvalue weighted by molar-refractivity contribution is 5.77. The Kier molecular flexibility index (Phi) is 4.40. The molecule has 98 valence electrons. The minimum absolute atomic E-state index is 0.0548. The molecule has 4 heteroatoms. The fourth-order valence-electron chi connectivity index (χ4n) is 2.46. The van der Waals surface area contributed by atoms with Crippen molar-refractivity contribution < 1.29 is 9.90 Å². The smallest absolute Gasteiger partial charge is 0.224 e. The number of aliphatic hydroxyl groups excluding tert-OH is 1. The van der Waals surface area contributed by atoms with Crippen LogP contribution in [-0.4, -0.2) is 41.1 Å². The molecule has 1 atom stereocenters. The van der Waals surface area contributed by atoms with Crippen molar-refractivity contribution in [3.05, 3.63) is 0 Å². The lowest BCUT2D eigenvalue weighted by molar-refractivity contribution is -0.135. The fraction of sp³-hybridized carbons (Fsp3) is 0.923. The SMILES string of the molecule is NC(CC(=O)N(CCCO)C1CCC1)C1CC1. The van der Waals surface area contributed by atoms with Gasteiger partial charge in [-0.25, -0.2) is 0 Å². The van der Waals surface area contributed by atoms with Crippen molar-refractivity contribution in [2.24, 2.45) is 11.7 Å². The van der Waals surface area contributed by atoms with E-state index in [2.05, 4.69) is 0 Å². The van der Waals surface area contributed by atoms with Gasteiger partial charge in [0, 0.05) is 31.7 Å². The van der Waals surface area contributed by atoms with Crippen LogP contribution < -0.4 is 5.73 Å². The molecule has 0 bridgehead atoms. The van der Waals surface area contributed by atoms with Crippen molar-refractivity contribution >= 4 is 5.91 Å². The third-order valence-corrected chi connectivity index (χ3v) is 4.03. The number of hydrogen-bond donors (Lipinski definition) is 2. The normalized spacial score (nSPS) is 22.0. The van der Waals surface area contributed by atoms with E-state index in [4.69, 9.17) is 10.8 Å². The van der Waals surface area contributed by atoms with Crippen LogP contribution in [-0.2, 0) is 4.79 Å². The van der Waals surface area contributed by atoms with E-state index < -0.39 is 0 Å². The summed E-state index contributed by atoms with van der Waals surface area (Å²) in [6, 6.07) is 0.472. The molecule has 2 aliphatic carbocycles. The van der Waals surface area contributed by atoms with Crippen LogP contribution in [0.2, 0.25) is 0 Å². The molecule has 2 rings (SSSR count). The molecule has 2 saturated carbocycles. The van der Waals surface area contributed by atoms with Crippen molar-refractivity contribution in [2.75, 3.05) is 13.2 Å². The zero-order chi connectivity index (χ0) is 12.3. The predicted octanol–water partition coefficient (Wildman–Crippen LogP) is 0.877. The van der Waals surface area contributed by atoms with Gasteiger partial charge in [0.15, 0.2) is 0 Å². The summed E-state index contributed by atoms with van der Waals surface area (Å²) >= 11 is 0. The van der Waals surface area contributed by atoms with E-state index in [1.807, 2.05) is 4.90 Å². The van der Waals surface area contributed by atoms with Crippen LogP contribution in [0.25, 0.3) is 0 Å². The molecule has 3 N–H and O–H groups in total. The van der Waals surface area contributed by atoms with Gasteiger partial charge in [-0.05, 0) is 44.4 Å². The number of nitrogens with zero attached hydrogens (tertiary/aromatic N) is 1. The van der Waals surface area contributed by atoms with Gasteiger partial charge in [-0.1, -0.05) is 0 Å². The van der Waals surface area contributed by atoms with Gasteiger partial charge < -0.3 is 15.7 Å². The van der Waals surface area contributed by atoms with Gasteiger partial charge in [0.05, 0.1) is 0 Å². The molecule has 0 aliphatic heterocycles. The minimum Gasteiger partial charge on any atom is -0.396 e. The average molecular weight is 240 g/mol. The van der Waals surface area contributed by atoms with E-state index in [-0.39, 0.29) is 18.6 Å². The zero-order valence-corrected chi connectivity index (χ0v) is 10.5. The molecule has 1 amide bonds. The highest BCUT2D eigenvalue weighted by atomic mass is 16.3. The number of aliphatic hydroxyl groups is 1. The molecule has 0 aromatic heterocycles. The van der Waals surface area contributed by atoms with E-state index in [1.165, 1.54) is 19.3 Å². The Hall–Kier alpha value is -0.610. The van der Waals surface area contributed by atoms with E-state index in [0.29, 0.717) is 31.3 Å². The first-order chi connectivity index (χ1) is 8.22. The molecular formula is C13H24N2O2. The average Bonchev–Trinajstić information content (AvgIpc) is 3.04. The van der Waals surface area contributed by atoms with Crippen molar-refractivity contribution in [1.29, 1.82) is 0 Å². The van der Waals surface area contributed by atoms with Crippen LogP contribution >= 0.6 is 0 Å². The topological polar surface area (TPSA) is 66.6 Å². The fourth-order valence-corrected chi connectivity index (χ4v) is 2.46. The lowest BCUT2D eigenvalue weighted by Gasteiger charge is -2.38. The maximum atomic E-state index is 12.2. The van der Waals surface area contributed by atoms with Crippen molar-refractivity contribution in [2.45, 2.75) is 57.0 Å². The van der Waals surface area contributed by atoms with E-state index in [9.17, 15) is 4.79 Å². The summed E-state index contributed by atoms with van der Waals surface area (Å²) in [5.41, 5.74) is 6.01. The second kappa shape index (κ2) is 5.83. The second-order valence-electron chi connectivity index (χ2n) is 5.45. The Morgan fingerprint density at radius 3 is 2.53 bits per heavy atom. The number of carbonyl (C=O) groups is 1. The molecule has 2 aliphatic rings. The Labute approximate surface area is 103 Å². The Morgan fingerprint density at radius 1 is 1.35 bits per heavy atom. The summed E-state index contributed by atoms with van der Waals surface area (Å²) in [5.74, 6) is 0.780. The molecular weight excluding hydrogens is 216 g/mol. The van der Waals surface area contributed by atoms with Crippen molar-refractivity contribution in [3.8, 4) is 0 Å². The predicted molar refractivity (Wildman–Crippen MR) is 66.4 cm³/mol. The maximum Gasteiger partial charge on any atom is 0.224 e. The third-order valence-electron chi connectivity index (χ3n) is 4.03. The van der Waals surface area contributed by atoms with E-state index in [1.54, 1.807) is 0 Å². The molecule has 0 aromatic carbocycles. The second-order valence-corrected chi connectivity index (χ2v) is 5.45. The number of nitrogens with two attached hydrogens (primary N) is 1. The van der Waals surface area contributed by atoms with E-state index in [0.717, 1.165) is 12.8 Å². The number of carbonyl (C=O) groups excluding carboxylic acids is 1. The van der Waals surface area contributed by atoms with Crippen LogP contribution in [0.15, 0.2) is 0 Å². The number of rotatable bonds is 7. The van der Waals surface area contributed by atoms with Gasteiger partial charge in [-0.2, -0.15) is 0 Å². The number of amides is 1. The lowest BCUT2D eigenvalue weighted by Crippen LogP contribution is -2.46. The summed E-state index contributed by atoms with van der Waals surface area (Å²) in [5, 5.41) is 8.89. The lowest BCUT2D eigenvalue weighted by atomic mass is 9.90. The van der Waals surface area contributed by atoms with Crippen LogP contribution in [0.1, 0.15) is 44.9 Å². The maximum absolute atomic E-state index is 12.2. The third kappa shape index (κ3) is 3.42. The van der Waals surface area contributed by atoms with Gasteiger partial charge in [0.2, 0.25) is 5.91 Å². The summed E-state index contributed by atoms with van der Waals surface area (Å²) in [6.07, 6.45) is 7.02. The minimum atomic E-state index is 0.0548. The van der Waals surface area contributed by atoms with Crippen molar-refractivity contribution in [3.63, 3.8) is 0 Å². The summed E-state index contributed by atoms with van der Waals surface area (Å²) in [6.45, 7) is 0.850. The van der Waals surface area contributed by atoms with Crippen LogP contribution in [0, 0.1) is 5.92 Å². The monoisotopic (exact) mass is 240 g/mol. The highest BCUT2D eigenvalue weighted by Crippen LogP contribution is 2.33. The first kappa shape index (κ1) is 12.8. The van der Waals surface area contributed by atoms with Crippen LogP contribution in [0.3, 0.4) is 0 Å². The molecule has 0 saturated heterocycles. The molecule has 1 unspecified atom stereocenters. The summed E-state index contributed by atoms with van der Waals surface area (Å²) in [7, 11) is 0. The molecule has 0 aromatic rings. The quantitative estimate of drug-likeness (QED) is 0.694. The summed E-state index contributed by atoms with van der Waals surface area (Å²) in [4.78, 5) is 14.2. The molecule has 17 heavy (non-hydrogen) atoms. The van der Waals surface area contributed by atoms with Crippen molar-refractivity contribution in [1.82, 2.24) is 4.90 Å². The zero-order valence-electron chi connectivity index (χ0n) is 10.5. The Bertz CT molecular complexity index is 262. The Balaban J connectivity index is 1.81. The van der Waals surface area contributed by atoms with Crippen LogP contribution in [0.4, 0.5) is 0 Å². The first-order valence-corrected chi connectivity index (χ1v) is 6.88. The molecule has 0 spiro atoms. The van der Waals surface area contributed by atoms with Gasteiger partial charge in [0.1, 0.15) is 0 Å². The molecule has 0 heterocycles. The largest absolute Gasteiger partial charge is 0.396 e. The first-order valence-electron chi connectivity index (χ1n) is 6.88. The van der Waals surface area contributed by atoms with E-state index >= 15 is 0 Å². The van der Waals surface area contributed by atoms with Crippen LogP contribution in [0.5, 0.6) is 0 Å². The van der Waals surface area contributed by atoms with Gasteiger partial charge >= 0.3 is 0 Å².